The van der Waals surface area contributed by atoms with Crippen LogP contribution >= 0.6 is 7.82 Å². The van der Waals surface area contributed by atoms with E-state index in [9.17, 15) is 19.3 Å². The summed E-state index contributed by atoms with van der Waals surface area (Å²) in [7, 11) is -4.77. The van der Waals surface area contributed by atoms with E-state index in [0.29, 0.717) is 19.3 Å². The second-order valence-corrected chi connectivity index (χ2v) is 15.8. The van der Waals surface area contributed by atoms with Gasteiger partial charge in [0.15, 0.2) is 6.10 Å². The summed E-state index contributed by atoms with van der Waals surface area (Å²) in [5.41, 5.74) is 0. The van der Waals surface area contributed by atoms with Gasteiger partial charge in [-0.15, -0.1) is 0 Å². The number of phosphoric ester groups is 1. The largest absolute Gasteiger partial charge is 0.469 e. The number of allylic oxidation sites excluding steroid dienone is 8. The van der Waals surface area contributed by atoms with Crippen LogP contribution in [-0.2, 0) is 28.2 Å². The summed E-state index contributed by atoms with van der Waals surface area (Å²) in [5, 5.41) is 9.54. The van der Waals surface area contributed by atoms with Crippen molar-refractivity contribution in [1.82, 2.24) is 0 Å². The molecule has 53 heavy (non-hydrogen) atoms. The van der Waals surface area contributed by atoms with Crippen LogP contribution in [0.15, 0.2) is 48.6 Å². The predicted molar refractivity (Wildman–Crippen MR) is 217 cm³/mol. The van der Waals surface area contributed by atoms with E-state index in [1.54, 1.807) is 0 Å². The normalized spacial score (nSPS) is 13.6. The fourth-order valence-corrected chi connectivity index (χ4v) is 6.01. The molecule has 0 aromatic carbocycles. The maximum absolute atomic E-state index is 12.4. The van der Waals surface area contributed by atoms with Gasteiger partial charge in [-0.25, -0.2) is 4.57 Å². The zero-order valence-corrected chi connectivity index (χ0v) is 34.6. The molecule has 0 spiro atoms. The van der Waals surface area contributed by atoms with E-state index in [0.717, 1.165) is 63.7 Å². The number of unbranched alkanes of at least 4 members (excludes halogenated alkanes) is 14. The molecule has 308 valence electrons. The number of hydrogen-bond donors (Lipinski definition) is 3. The zero-order chi connectivity index (χ0) is 39.3. The van der Waals surface area contributed by atoms with Gasteiger partial charge < -0.3 is 24.4 Å². The van der Waals surface area contributed by atoms with E-state index in [4.69, 9.17) is 19.3 Å². The lowest BCUT2D eigenvalue weighted by molar-refractivity contribution is -0.161. The number of carbonyl (C=O) groups excluding carboxylic acids is 2. The molecule has 0 aromatic heterocycles. The van der Waals surface area contributed by atoms with Crippen molar-refractivity contribution < 1.29 is 43.0 Å². The summed E-state index contributed by atoms with van der Waals surface area (Å²) in [6.07, 6.45) is 40.7. The lowest BCUT2D eigenvalue weighted by Crippen LogP contribution is -2.29. The highest BCUT2D eigenvalue weighted by atomic mass is 31.2. The molecule has 0 rings (SSSR count). The van der Waals surface area contributed by atoms with Crippen molar-refractivity contribution in [2.45, 2.75) is 193 Å². The maximum atomic E-state index is 12.4. The van der Waals surface area contributed by atoms with Gasteiger partial charge in [-0.3, -0.25) is 14.1 Å². The van der Waals surface area contributed by atoms with Crippen molar-refractivity contribution in [3.63, 3.8) is 0 Å². The van der Waals surface area contributed by atoms with Crippen LogP contribution in [0.3, 0.4) is 0 Å². The van der Waals surface area contributed by atoms with E-state index in [1.165, 1.54) is 70.6 Å². The summed E-state index contributed by atoms with van der Waals surface area (Å²) in [6, 6.07) is 0. The molecule has 0 bridgehead atoms. The number of ether oxygens (including phenoxy) is 2. The fraction of sp³-hybridized carbons (Fsp3) is 0.767. The van der Waals surface area contributed by atoms with Crippen LogP contribution in [0.5, 0.6) is 0 Å². The zero-order valence-electron chi connectivity index (χ0n) is 33.7. The monoisotopic (exact) mass is 769 g/mol. The first kappa shape index (κ1) is 51.0. The smallest absolute Gasteiger partial charge is 0.462 e. The molecular formula is C43H77O9P. The Morgan fingerprint density at radius 2 is 1.04 bits per heavy atom. The number of esters is 2. The van der Waals surface area contributed by atoms with Crippen molar-refractivity contribution in [2.24, 2.45) is 5.92 Å². The van der Waals surface area contributed by atoms with Gasteiger partial charge >= 0.3 is 19.8 Å². The Morgan fingerprint density at radius 3 is 1.53 bits per heavy atom. The second kappa shape index (κ2) is 36.9. The van der Waals surface area contributed by atoms with Crippen LogP contribution in [-0.4, -0.2) is 52.3 Å². The van der Waals surface area contributed by atoms with Gasteiger partial charge in [0.1, 0.15) is 6.61 Å². The summed E-state index contributed by atoms with van der Waals surface area (Å²) < 4.78 is 26.3. The minimum Gasteiger partial charge on any atom is -0.462 e. The van der Waals surface area contributed by atoms with Crippen LogP contribution in [0.2, 0.25) is 0 Å². The minimum atomic E-state index is -4.77. The Hall–Kier alpha value is -2.03. The van der Waals surface area contributed by atoms with E-state index >= 15 is 0 Å². The van der Waals surface area contributed by atoms with E-state index in [1.807, 2.05) is 19.1 Å². The summed E-state index contributed by atoms with van der Waals surface area (Å²) in [4.78, 5) is 42.8. The highest BCUT2D eigenvalue weighted by Gasteiger charge is 2.22. The molecular weight excluding hydrogens is 691 g/mol. The van der Waals surface area contributed by atoms with Crippen molar-refractivity contribution in [3.05, 3.63) is 48.6 Å². The number of aliphatic hydroxyl groups excluding tert-OH is 1. The number of aliphatic hydroxyl groups is 1. The first-order valence-corrected chi connectivity index (χ1v) is 22.4. The van der Waals surface area contributed by atoms with E-state index in [-0.39, 0.29) is 25.6 Å². The Morgan fingerprint density at radius 1 is 0.585 bits per heavy atom. The fourth-order valence-electron chi connectivity index (χ4n) is 5.65. The van der Waals surface area contributed by atoms with Gasteiger partial charge in [-0.05, 0) is 63.7 Å². The summed E-state index contributed by atoms with van der Waals surface area (Å²) in [5.74, 6) is -0.143. The molecule has 0 aromatic rings. The minimum absolute atomic E-state index is 0.178. The molecule has 0 unspecified atom stereocenters. The van der Waals surface area contributed by atoms with E-state index < -0.39 is 32.5 Å². The van der Waals surface area contributed by atoms with Crippen molar-refractivity contribution in [2.75, 3.05) is 13.2 Å². The molecule has 10 heteroatoms. The Bertz CT molecular complexity index is 1030. The molecule has 2 atom stereocenters. The van der Waals surface area contributed by atoms with Gasteiger partial charge in [0.25, 0.3) is 0 Å². The molecule has 0 saturated heterocycles. The standard InChI is InChI=1S/C43H77O9P/c1-4-40(44)34-30-26-22-18-14-10-6-8-11-15-19-23-27-31-35-42(45)50-37-41(38-51-53(47,48)49)52-43(46)36-32-28-24-20-16-12-7-5-9-13-17-21-25-29-33-39(2)3/h8,10-11,14,19,22-23,26,39-41,44H,4-7,9,12-13,15-18,20-21,24-25,27-38H2,1-3H3,(H2,47,48,49)/b11-8-,14-10-,23-19-,26-22-/t40-,41+/m0/s1. The van der Waals surface area contributed by atoms with Gasteiger partial charge in [0, 0.05) is 12.8 Å². The number of phosphoric acid groups is 1. The number of carbonyl (C=O) groups is 2. The van der Waals surface area contributed by atoms with Crippen LogP contribution < -0.4 is 0 Å². The molecule has 0 aliphatic carbocycles. The van der Waals surface area contributed by atoms with E-state index in [2.05, 4.69) is 54.8 Å². The highest BCUT2D eigenvalue weighted by Crippen LogP contribution is 2.36. The lowest BCUT2D eigenvalue weighted by Gasteiger charge is -2.18. The van der Waals surface area contributed by atoms with Crippen LogP contribution in [0.1, 0.15) is 181 Å². The molecule has 3 N–H and O–H groups in total. The number of rotatable bonds is 37. The van der Waals surface area contributed by atoms with Gasteiger partial charge in [-0.2, -0.15) is 0 Å². The molecule has 0 saturated carbocycles. The summed E-state index contributed by atoms with van der Waals surface area (Å²) >= 11 is 0. The Kier molecular flexibility index (Phi) is 35.5. The topological polar surface area (TPSA) is 140 Å². The lowest BCUT2D eigenvalue weighted by atomic mass is 10.0. The Labute approximate surface area is 323 Å². The highest BCUT2D eigenvalue weighted by molar-refractivity contribution is 7.46. The average Bonchev–Trinajstić information content (AvgIpc) is 3.11. The van der Waals surface area contributed by atoms with Crippen molar-refractivity contribution in [3.8, 4) is 0 Å². The maximum Gasteiger partial charge on any atom is 0.469 e. The number of hydrogen-bond acceptors (Lipinski definition) is 7. The van der Waals surface area contributed by atoms with Gasteiger partial charge in [0.2, 0.25) is 0 Å². The average molecular weight is 769 g/mol. The van der Waals surface area contributed by atoms with Crippen LogP contribution in [0.25, 0.3) is 0 Å². The van der Waals surface area contributed by atoms with Crippen LogP contribution in [0.4, 0.5) is 0 Å². The molecule has 0 heterocycles. The second-order valence-electron chi connectivity index (χ2n) is 14.6. The molecule has 9 nitrogen and oxygen atoms in total. The summed E-state index contributed by atoms with van der Waals surface area (Å²) in [6.45, 7) is 5.70. The molecule has 0 radical (unpaired) electrons. The van der Waals surface area contributed by atoms with Crippen molar-refractivity contribution >= 4 is 19.8 Å². The third-order valence-corrected chi connectivity index (χ3v) is 9.43. The quantitative estimate of drug-likeness (QED) is 0.0244. The first-order valence-electron chi connectivity index (χ1n) is 20.9. The predicted octanol–water partition coefficient (Wildman–Crippen LogP) is 11.6. The third kappa shape index (κ3) is 41.0. The molecule has 0 aliphatic rings. The van der Waals surface area contributed by atoms with Gasteiger partial charge in [0.05, 0.1) is 12.7 Å². The van der Waals surface area contributed by atoms with Gasteiger partial charge in [-0.1, -0.05) is 159 Å². The molecule has 0 aliphatic heterocycles. The van der Waals surface area contributed by atoms with Crippen molar-refractivity contribution in [1.29, 1.82) is 0 Å². The SMILES string of the molecule is CC[C@H](O)CC/C=C\C/C=C\C/C=C\C/C=C\CCCC(=O)OC[C@H](COP(=O)(O)O)OC(=O)CCCCCCCCCCCCCCCCC(C)C. The van der Waals surface area contributed by atoms with Crippen LogP contribution in [0, 0.1) is 5.92 Å². The molecule has 0 amide bonds. The Balaban J connectivity index is 4.02. The third-order valence-electron chi connectivity index (χ3n) is 8.94. The molecule has 0 fully saturated rings. The first-order chi connectivity index (χ1) is 25.5.